The molecule has 0 radical (unpaired) electrons. The number of fused-ring (bicyclic) bond motifs is 7. The highest BCUT2D eigenvalue weighted by Crippen LogP contribution is 2.76. The number of halogens is 1. The highest BCUT2D eigenvalue weighted by Gasteiger charge is 2.71. The van der Waals surface area contributed by atoms with E-state index in [-0.39, 0.29) is 51.8 Å². The molecule has 1 heterocycles. The number of ether oxygens (including phenoxy) is 1. The van der Waals surface area contributed by atoms with Gasteiger partial charge in [0.05, 0.1) is 17.3 Å². The van der Waals surface area contributed by atoms with Gasteiger partial charge in [-0.3, -0.25) is 14.4 Å². The maximum absolute atomic E-state index is 14.1. The van der Waals surface area contributed by atoms with E-state index in [0.29, 0.717) is 35.2 Å². The number of carboxylic acid groups (broad SMARTS) is 1. The normalized spacial score (nSPS) is 36.3. The fraction of sp³-hybridized carbons (Fsp3) is 0.698. The van der Waals surface area contributed by atoms with Crippen LogP contribution in [0.1, 0.15) is 132 Å². The van der Waals surface area contributed by atoms with Gasteiger partial charge in [0.25, 0.3) is 0 Å². The fourth-order valence-corrected chi connectivity index (χ4v) is 13.0. The largest absolute Gasteiger partial charge is 0.481 e. The van der Waals surface area contributed by atoms with E-state index in [0.717, 1.165) is 62.6 Å². The van der Waals surface area contributed by atoms with Crippen molar-refractivity contribution in [3.8, 4) is 0 Å². The first-order chi connectivity index (χ1) is 24.7. The molecule has 0 bridgehead atoms. The molecule has 2 aromatic rings. The number of carboxylic acids is 1. The van der Waals surface area contributed by atoms with Gasteiger partial charge in [-0.2, -0.15) is 0 Å². The summed E-state index contributed by atoms with van der Waals surface area (Å²) in [5.41, 5.74) is 1.07. The van der Waals surface area contributed by atoms with Crippen molar-refractivity contribution in [3.63, 3.8) is 0 Å². The van der Waals surface area contributed by atoms with Crippen LogP contribution in [0.25, 0.3) is 0 Å². The lowest BCUT2D eigenvalue weighted by Crippen LogP contribution is -2.66. The molecule has 0 unspecified atom stereocenters. The highest BCUT2D eigenvalue weighted by molar-refractivity contribution is 6.30. The molecule has 5 aliphatic carbocycles. The van der Waals surface area contributed by atoms with Gasteiger partial charge in [0, 0.05) is 22.5 Å². The van der Waals surface area contributed by atoms with Gasteiger partial charge in [0.2, 0.25) is 5.89 Å². The maximum Gasteiger partial charge on any atom is 0.320 e. The number of rotatable bonds is 8. The van der Waals surface area contributed by atoms with E-state index in [2.05, 4.69) is 64.0 Å². The Hall–Kier alpha value is -3.20. The monoisotopic (exact) mass is 747 g/mol. The van der Waals surface area contributed by atoms with Crippen LogP contribution in [0.3, 0.4) is 0 Å². The topological polar surface area (TPSA) is 132 Å². The van der Waals surface area contributed by atoms with Crippen molar-refractivity contribution in [3.05, 3.63) is 46.3 Å². The molecule has 0 amide bonds. The molecule has 7 rings (SSSR count). The quantitative estimate of drug-likeness (QED) is 0.253. The van der Waals surface area contributed by atoms with Crippen LogP contribution in [-0.2, 0) is 24.5 Å². The van der Waals surface area contributed by atoms with Gasteiger partial charge in [-0.25, -0.2) is 0 Å². The molecule has 0 spiro atoms. The first-order valence-corrected chi connectivity index (χ1v) is 20.1. The Balaban J connectivity index is 1.19. The Bertz CT molecular complexity index is 1850. The zero-order valence-corrected chi connectivity index (χ0v) is 33.8. The minimum Gasteiger partial charge on any atom is -0.481 e. The van der Waals surface area contributed by atoms with Crippen LogP contribution in [0, 0.1) is 50.7 Å². The van der Waals surface area contributed by atoms with E-state index in [9.17, 15) is 19.5 Å². The van der Waals surface area contributed by atoms with Crippen molar-refractivity contribution in [2.45, 2.75) is 138 Å². The lowest BCUT2D eigenvalue weighted by molar-refractivity contribution is -0.232. The van der Waals surface area contributed by atoms with E-state index in [1.54, 1.807) is 13.8 Å². The SMILES string of the molecule is CC(C)C1=C2[C@H]3CC[C@@H]4[C@@]5(C)CC[C@H](OC(=O)CC(C)(C)C(=O)O)C(C)(C)[C@@H]5CC[C@@]4(C)[C@]3(C)CC[C@@]2(c2nnc(Nc3ccc(Cl)cc3)o2)CC1=O. The van der Waals surface area contributed by atoms with Crippen LogP contribution < -0.4 is 5.32 Å². The molecule has 1 aromatic carbocycles. The lowest BCUT2D eigenvalue weighted by atomic mass is 9.33. The number of nitrogens with zero attached hydrogens (tertiary/aromatic N) is 2. The number of hydrogen-bond acceptors (Lipinski definition) is 8. The Kier molecular flexibility index (Phi) is 9.11. The van der Waals surface area contributed by atoms with Crippen LogP contribution in [0.15, 0.2) is 39.8 Å². The van der Waals surface area contributed by atoms with E-state index in [4.69, 9.17) is 20.8 Å². The minimum atomic E-state index is -1.17. The second-order valence-corrected chi connectivity index (χ2v) is 20.0. The average molecular weight is 748 g/mol. The number of ketones is 1. The van der Waals surface area contributed by atoms with E-state index < -0.39 is 22.8 Å². The number of allylic oxidation sites excluding steroid dienone is 2. The number of esters is 1. The summed E-state index contributed by atoms with van der Waals surface area (Å²) >= 11 is 6.11. The summed E-state index contributed by atoms with van der Waals surface area (Å²) in [5, 5.41) is 22.6. The molecule has 53 heavy (non-hydrogen) atoms. The Morgan fingerprint density at radius 1 is 0.962 bits per heavy atom. The molecular formula is C43H58ClN3O6. The summed E-state index contributed by atoms with van der Waals surface area (Å²) < 4.78 is 12.6. The van der Waals surface area contributed by atoms with Crippen molar-refractivity contribution >= 4 is 41.0 Å². The standard InChI is InChI=1S/C43H58ClN3O6/c1-24(2)33-28(48)22-43(35-46-47-37(53-35)45-26-12-10-25(44)11-13-26)21-20-41(8)27(34(33)43)14-15-30-40(7)18-17-31(52-32(49)23-38(3,4)36(50)51)39(5,6)29(40)16-19-42(30,41)9/h10-13,24,27,29-31H,14-23H2,1-9H3,(H,45,47)(H,50,51)/t27-,29+,30-,31+,40+,41-,42-,43-/m1/s1. The minimum absolute atomic E-state index is 0.0340. The molecular weight excluding hydrogens is 690 g/mol. The number of aliphatic carboxylic acids is 1. The predicted octanol–water partition coefficient (Wildman–Crippen LogP) is 10.1. The number of Topliss-reactive ketones (excluding diaryl/α,β-unsaturated/α-hetero) is 1. The maximum atomic E-state index is 14.1. The third kappa shape index (κ3) is 5.71. The molecule has 10 heteroatoms. The molecule has 4 fully saturated rings. The van der Waals surface area contributed by atoms with Crippen LogP contribution in [0.4, 0.5) is 11.7 Å². The van der Waals surface area contributed by atoms with Gasteiger partial charge < -0.3 is 19.6 Å². The number of carbonyl (C=O) groups is 3. The third-order valence-electron chi connectivity index (χ3n) is 15.7. The van der Waals surface area contributed by atoms with Crippen molar-refractivity contribution in [1.82, 2.24) is 10.2 Å². The predicted molar refractivity (Wildman–Crippen MR) is 204 cm³/mol. The van der Waals surface area contributed by atoms with Crippen molar-refractivity contribution < 1.29 is 28.6 Å². The van der Waals surface area contributed by atoms with Crippen LogP contribution in [0.5, 0.6) is 0 Å². The average Bonchev–Trinajstić information content (AvgIpc) is 3.66. The van der Waals surface area contributed by atoms with Crippen LogP contribution in [-0.4, -0.2) is 39.1 Å². The van der Waals surface area contributed by atoms with E-state index >= 15 is 0 Å². The van der Waals surface area contributed by atoms with Crippen LogP contribution in [0.2, 0.25) is 5.02 Å². The molecule has 4 saturated carbocycles. The summed E-state index contributed by atoms with van der Waals surface area (Å²) in [4.78, 5) is 39.0. The number of anilines is 2. The van der Waals surface area contributed by atoms with Gasteiger partial charge in [0.1, 0.15) is 6.10 Å². The molecule has 1 aromatic heterocycles. The zero-order valence-electron chi connectivity index (χ0n) is 33.0. The molecule has 2 N–H and O–H groups in total. The van der Waals surface area contributed by atoms with Gasteiger partial charge >= 0.3 is 18.0 Å². The second-order valence-electron chi connectivity index (χ2n) is 19.5. The Labute approximate surface area is 319 Å². The molecule has 8 atom stereocenters. The number of carbonyl (C=O) groups excluding carboxylic acids is 2. The van der Waals surface area contributed by atoms with Gasteiger partial charge in [-0.1, -0.05) is 65.2 Å². The summed E-state index contributed by atoms with van der Waals surface area (Å²) in [5.74, 6) is 0.494. The first kappa shape index (κ1) is 38.1. The van der Waals surface area contributed by atoms with E-state index in [1.165, 1.54) is 5.57 Å². The fourth-order valence-electron chi connectivity index (χ4n) is 12.8. The summed E-state index contributed by atoms with van der Waals surface area (Å²) in [7, 11) is 0. The zero-order chi connectivity index (χ0) is 38.5. The molecule has 9 nitrogen and oxygen atoms in total. The number of aromatic nitrogens is 2. The van der Waals surface area contributed by atoms with Crippen LogP contribution >= 0.6 is 11.6 Å². The van der Waals surface area contributed by atoms with Crippen molar-refractivity contribution in [2.24, 2.45) is 50.7 Å². The summed E-state index contributed by atoms with van der Waals surface area (Å²) in [6, 6.07) is 7.67. The third-order valence-corrected chi connectivity index (χ3v) is 16.0. The Morgan fingerprint density at radius 3 is 2.32 bits per heavy atom. The Morgan fingerprint density at radius 2 is 1.66 bits per heavy atom. The first-order valence-electron chi connectivity index (χ1n) is 19.8. The molecule has 288 valence electrons. The number of benzene rings is 1. The van der Waals surface area contributed by atoms with Crippen molar-refractivity contribution in [1.29, 1.82) is 0 Å². The smallest absolute Gasteiger partial charge is 0.320 e. The highest BCUT2D eigenvalue weighted by atomic mass is 35.5. The second kappa shape index (κ2) is 12.7. The molecule has 0 aliphatic heterocycles. The summed E-state index contributed by atoms with van der Waals surface area (Å²) in [6.07, 6.45) is 7.68. The summed E-state index contributed by atoms with van der Waals surface area (Å²) in [6.45, 7) is 19.6. The van der Waals surface area contributed by atoms with E-state index in [1.807, 2.05) is 24.3 Å². The van der Waals surface area contributed by atoms with Gasteiger partial charge in [-0.05, 0) is 141 Å². The molecule has 5 aliphatic rings. The number of nitrogens with one attached hydrogen (secondary N) is 1. The van der Waals surface area contributed by atoms with Crippen molar-refractivity contribution in [2.75, 3.05) is 5.32 Å². The number of hydrogen-bond donors (Lipinski definition) is 2. The van der Waals surface area contributed by atoms with Gasteiger partial charge in [-0.15, -0.1) is 5.10 Å². The van der Waals surface area contributed by atoms with Gasteiger partial charge in [0.15, 0.2) is 5.78 Å². The molecule has 0 saturated heterocycles. The lowest BCUT2D eigenvalue weighted by Gasteiger charge is -2.72.